The Morgan fingerprint density at radius 2 is 1.62 bits per heavy atom. The van der Waals surface area contributed by atoms with Crippen LogP contribution in [0.3, 0.4) is 0 Å². The normalized spacial score (nSPS) is 20.4. The topological polar surface area (TPSA) is 227 Å². The number of hydrogen-bond acceptors (Lipinski definition) is 9. The second-order valence-electron chi connectivity index (χ2n) is 16.9. The molecule has 3 aliphatic heterocycles. The van der Waals surface area contributed by atoms with Gasteiger partial charge >= 0.3 is 6.03 Å². The van der Waals surface area contributed by atoms with Gasteiger partial charge in [-0.25, -0.2) is 4.79 Å². The number of amides is 6. The minimum absolute atomic E-state index is 0.0299. The molecule has 7 atom stereocenters. The lowest BCUT2D eigenvalue weighted by Gasteiger charge is -2.48. The van der Waals surface area contributed by atoms with Crippen molar-refractivity contribution in [1.82, 2.24) is 21.3 Å². The summed E-state index contributed by atoms with van der Waals surface area (Å²) in [5.74, 6) is 0.488. The maximum absolute atomic E-state index is 13.7. The molecule has 6 unspecified atom stereocenters. The van der Waals surface area contributed by atoms with Gasteiger partial charge in [0.15, 0.2) is 0 Å². The number of ether oxygens (including phenoxy) is 1. The van der Waals surface area contributed by atoms with Crippen LogP contribution in [-0.2, 0) is 25.6 Å². The summed E-state index contributed by atoms with van der Waals surface area (Å²) in [7, 11) is 1.61. The van der Waals surface area contributed by atoms with Crippen LogP contribution < -0.4 is 36.2 Å². The highest BCUT2D eigenvalue weighted by molar-refractivity contribution is 8.00. The molecule has 346 valence electrons. The number of urea groups is 1. The Labute approximate surface area is 388 Å². The smallest absolute Gasteiger partial charge is 0.315 e. The molecule has 17 heteroatoms. The Balaban J connectivity index is 0.863. The molecular weight excluding hydrogens is 859 g/mol. The number of hydrogen-bond donors (Lipinski definition) is 6. The van der Waals surface area contributed by atoms with Crippen molar-refractivity contribution in [3.05, 3.63) is 130 Å². The molecule has 4 aromatic rings. The van der Waals surface area contributed by atoms with E-state index in [1.54, 1.807) is 48.4 Å². The van der Waals surface area contributed by atoms with Gasteiger partial charge in [0.25, 0.3) is 0 Å². The molecular formula is C49H57N9O7S. The lowest BCUT2D eigenvalue weighted by molar-refractivity contribution is -0.131. The van der Waals surface area contributed by atoms with Gasteiger partial charge in [-0.2, -0.15) is 11.8 Å². The number of nitrogens with one attached hydrogen (secondary N) is 5. The number of anilines is 2. The summed E-state index contributed by atoms with van der Waals surface area (Å²) in [5, 5.41) is 29.5. The first-order valence-corrected chi connectivity index (χ1v) is 23.6. The number of thioether (sulfide) groups is 1. The molecule has 7 rings (SSSR count). The zero-order valence-corrected chi connectivity index (χ0v) is 37.8. The highest BCUT2D eigenvalue weighted by Crippen LogP contribution is 2.47. The average Bonchev–Trinajstić information content (AvgIpc) is 3.89. The number of rotatable bonds is 23. The van der Waals surface area contributed by atoms with Gasteiger partial charge in [-0.3, -0.25) is 19.2 Å². The maximum Gasteiger partial charge on any atom is 0.315 e. The fraction of sp³-hybridized carbons (Fsp3) is 0.408. The van der Waals surface area contributed by atoms with E-state index in [1.807, 2.05) is 78.5 Å². The SMILES string of the molecule is COc1ccc(C2C(CC[C@H](O)c3ccccc3)C(=O)N2c2ccc(NC(=O)CCCCNC(=O)C(Cc3ccc(N=[N+]=[N-])cc3)NC(=O)CCCCC3SCC4NC(=O)NC43)cc2)cc1. The van der Waals surface area contributed by atoms with E-state index in [2.05, 4.69) is 36.6 Å². The van der Waals surface area contributed by atoms with Gasteiger partial charge in [0.2, 0.25) is 23.6 Å². The molecule has 0 saturated carbocycles. The molecule has 6 amide bonds. The number of β-lactam (4-membered cyclic amide) rings is 1. The molecule has 0 radical (unpaired) electrons. The molecule has 3 heterocycles. The van der Waals surface area contributed by atoms with E-state index < -0.39 is 12.1 Å². The first-order valence-electron chi connectivity index (χ1n) is 22.6. The number of methoxy groups -OCH3 is 1. The zero-order valence-electron chi connectivity index (χ0n) is 36.9. The number of carbonyl (C=O) groups excluding carboxylic acids is 5. The minimum Gasteiger partial charge on any atom is -0.497 e. The van der Waals surface area contributed by atoms with E-state index in [9.17, 15) is 29.1 Å². The standard InChI is InChI=1S/C49H57N9O7S/c1-65-37-24-16-33(17-25-37)46-38(26-27-41(59)32-9-3-2-4-10-32)48(63)58(46)36-22-20-34(21-23-36)52-43(60)13-7-8-28-51-47(62)39(29-31-14-18-35(19-15-31)56-57-50)53-44(61)12-6-5-11-42-45-40(30-66-42)54-49(64)55-45/h2-4,9-10,14-25,38-42,45-46,59H,5-8,11-13,26-30H2,1H3,(H,51,62)(H,52,60)(H,53,61)(H2,54,55,64)/t38?,39?,40?,41-,42?,45?,46?/m0/s1. The Morgan fingerprint density at radius 1 is 0.894 bits per heavy atom. The first-order chi connectivity index (χ1) is 32.1. The Kier molecular flexibility index (Phi) is 16.6. The lowest BCUT2D eigenvalue weighted by Crippen LogP contribution is -2.55. The summed E-state index contributed by atoms with van der Waals surface area (Å²) < 4.78 is 5.36. The summed E-state index contributed by atoms with van der Waals surface area (Å²) in [4.78, 5) is 69.5. The number of aliphatic hydroxyl groups excluding tert-OH is 1. The van der Waals surface area contributed by atoms with Crippen molar-refractivity contribution in [1.29, 1.82) is 0 Å². The van der Waals surface area contributed by atoms with Crippen molar-refractivity contribution in [3.8, 4) is 5.75 Å². The van der Waals surface area contributed by atoms with Gasteiger partial charge in [-0.05, 0) is 97.1 Å². The fourth-order valence-electron chi connectivity index (χ4n) is 8.89. The van der Waals surface area contributed by atoms with E-state index in [1.165, 1.54) is 0 Å². The van der Waals surface area contributed by atoms with Crippen LogP contribution >= 0.6 is 11.8 Å². The van der Waals surface area contributed by atoms with Crippen LogP contribution in [0.1, 0.15) is 86.6 Å². The predicted octanol–water partition coefficient (Wildman–Crippen LogP) is 7.53. The summed E-state index contributed by atoms with van der Waals surface area (Å²) >= 11 is 1.83. The van der Waals surface area contributed by atoms with Crippen LogP contribution in [0.15, 0.2) is 108 Å². The summed E-state index contributed by atoms with van der Waals surface area (Å²) in [6.07, 6.45) is 4.38. The van der Waals surface area contributed by atoms with Gasteiger partial charge in [-0.15, -0.1) is 0 Å². The van der Waals surface area contributed by atoms with Crippen molar-refractivity contribution < 1.29 is 33.8 Å². The van der Waals surface area contributed by atoms with Crippen LogP contribution in [0.25, 0.3) is 10.4 Å². The third kappa shape index (κ3) is 12.4. The summed E-state index contributed by atoms with van der Waals surface area (Å²) in [6, 6.07) is 30.2. The molecule has 0 spiro atoms. The number of azide groups is 1. The molecule has 4 aromatic carbocycles. The Hall–Kier alpha value is -6.55. The van der Waals surface area contributed by atoms with Gasteiger partial charge in [0, 0.05) is 58.8 Å². The number of carbonyl (C=O) groups is 5. The number of nitrogens with zero attached hydrogens (tertiary/aromatic N) is 4. The summed E-state index contributed by atoms with van der Waals surface area (Å²) in [5.41, 5.74) is 13.1. The minimum atomic E-state index is -0.837. The fourth-order valence-corrected chi connectivity index (χ4v) is 10.4. The van der Waals surface area contributed by atoms with E-state index in [4.69, 9.17) is 10.3 Å². The maximum atomic E-state index is 13.7. The van der Waals surface area contributed by atoms with E-state index in [-0.39, 0.29) is 73.0 Å². The second-order valence-corrected chi connectivity index (χ2v) is 18.2. The number of fused-ring (bicyclic) bond motifs is 1. The van der Waals surface area contributed by atoms with Gasteiger partial charge in [-0.1, -0.05) is 78.3 Å². The van der Waals surface area contributed by atoms with Crippen molar-refractivity contribution in [2.75, 3.05) is 29.6 Å². The summed E-state index contributed by atoms with van der Waals surface area (Å²) in [6.45, 7) is 0.307. The highest BCUT2D eigenvalue weighted by Gasteiger charge is 2.48. The monoisotopic (exact) mass is 915 g/mol. The predicted molar refractivity (Wildman–Crippen MR) is 254 cm³/mol. The molecule has 6 N–H and O–H groups in total. The number of aliphatic hydroxyl groups is 1. The largest absolute Gasteiger partial charge is 0.497 e. The molecule has 3 aliphatic rings. The van der Waals surface area contributed by atoms with Crippen molar-refractivity contribution in [3.63, 3.8) is 0 Å². The third-order valence-corrected chi connectivity index (χ3v) is 13.9. The van der Waals surface area contributed by atoms with Crippen molar-refractivity contribution in [2.24, 2.45) is 11.0 Å². The van der Waals surface area contributed by atoms with Crippen molar-refractivity contribution >= 4 is 58.5 Å². The number of benzene rings is 4. The second kappa shape index (κ2) is 23.1. The number of unbranched alkanes of at least 4 members (excludes halogenated alkanes) is 2. The van der Waals surface area contributed by atoms with Crippen LogP contribution in [-0.4, -0.2) is 77.5 Å². The molecule has 3 saturated heterocycles. The molecule has 0 aromatic heterocycles. The average molecular weight is 916 g/mol. The van der Waals surface area contributed by atoms with Crippen LogP contribution in [0.4, 0.5) is 21.9 Å². The quantitative estimate of drug-likeness (QED) is 0.0109. The van der Waals surface area contributed by atoms with E-state index in [0.29, 0.717) is 66.7 Å². The van der Waals surface area contributed by atoms with Crippen LogP contribution in [0, 0.1) is 5.92 Å². The molecule has 16 nitrogen and oxygen atoms in total. The Morgan fingerprint density at radius 3 is 2.35 bits per heavy atom. The lowest BCUT2D eigenvalue weighted by atomic mass is 9.78. The molecule has 66 heavy (non-hydrogen) atoms. The zero-order chi connectivity index (χ0) is 46.4. The van der Waals surface area contributed by atoms with Gasteiger partial charge in [0.05, 0.1) is 37.3 Å². The molecule has 0 bridgehead atoms. The molecule has 3 fully saturated rings. The van der Waals surface area contributed by atoms with E-state index >= 15 is 0 Å². The van der Waals surface area contributed by atoms with Gasteiger partial charge in [0.1, 0.15) is 11.8 Å². The Bertz CT molecular complexity index is 2350. The highest BCUT2D eigenvalue weighted by atomic mass is 32.2. The molecule has 0 aliphatic carbocycles. The van der Waals surface area contributed by atoms with Crippen LogP contribution in [0.5, 0.6) is 5.75 Å². The van der Waals surface area contributed by atoms with Gasteiger partial charge < -0.3 is 41.3 Å². The third-order valence-electron chi connectivity index (χ3n) is 12.4. The first kappa shape index (κ1) is 47.4. The van der Waals surface area contributed by atoms with Crippen molar-refractivity contribution in [2.45, 2.75) is 99.7 Å². The van der Waals surface area contributed by atoms with Crippen LogP contribution in [0.2, 0.25) is 0 Å². The van der Waals surface area contributed by atoms with E-state index in [0.717, 1.165) is 35.3 Å².